The van der Waals surface area contributed by atoms with Gasteiger partial charge in [-0.15, -0.1) is 0 Å². The first-order chi connectivity index (χ1) is 41.2. The van der Waals surface area contributed by atoms with Gasteiger partial charge in [-0.2, -0.15) is 0 Å². The van der Waals surface area contributed by atoms with Gasteiger partial charge in [0.15, 0.2) is 0 Å². The summed E-state index contributed by atoms with van der Waals surface area (Å²) in [5.74, 6) is -4.19. The Balaban J connectivity index is 0.891. The van der Waals surface area contributed by atoms with E-state index < -0.39 is 77.6 Å². The van der Waals surface area contributed by atoms with E-state index in [1.54, 1.807) is 32.0 Å². The number of nitrogens with two attached hydrogens (primary N) is 1. The first-order valence-electron chi connectivity index (χ1n) is 28.2. The van der Waals surface area contributed by atoms with Crippen molar-refractivity contribution in [2.75, 3.05) is 110 Å². The maximum Gasteiger partial charge on any atom is 0.412 e. The van der Waals surface area contributed by atoms with E-state index in [9.17, 15) is 48.3 Å². The van der Waals surface area contributed by atoms with Gasteiger partial charge in [-0.05, 0) is 63.8 Å². The van der Waals surface area contributed by atoms with Crippen LogP contribution >= 0.6 is 0 Å². The monoisotopic (exact) mass is 1200 g/mol. The molecule has 1 aliphatic heterocycles. The summed E-state index contributed by atoms with van der Waals surface area (Å²) in [5.41, 5.74) is 6.78. The molecule has 3 atom stereocenters. The molecule has 3 aromatic carbocycles. The molecule has 9 N–H and O–H groups in total. The number of carbonyl (C=O) groups is 9. The Bertz CT molecular complexity index is 2930. The average Bonchev–Trinajstić information content (AvgIpc) is 1.64. The van der Waals surface area contributed by atoms with Crippen molar-refractivity contribution in [2.45, 2.75) is 97.4 Å². The summed E-state index contributed by atoms with van der Waals surface area (Å²) in [4.78, 5) is 118. The summed E-state index contributed by atoms with van der Waals surface area (Å²) in [6.07, 6.45) is 0.980. The molecule has 1 aliphatic rings. The van der Waals surface area contributed by atoms with Gasteiger partial charge in [-0.1, -0.05) is 36.4 Å². The lowest BCUT2D eigenvalue weighted by Crippen LogP contribution is -2.55. The lowest BCUT2D eigenvalue weighted by Gasteiger charge is -2.22. The Morgan fingerprint density at radius 3 is 1.83 bits per heavy atom. The largest absolute Gasteiger partial charge is 0.444 e. The quantitative estimate of drug-likeness (QED) is 0.0230. The average molecular weight is 1210 g/mol. The predicted molar refractivity (Wildman–Crippen MR) is 312 cm³/mol. The Morgan fingerprint density at radius 1 is 0.663 bits per heavy atom. The van der Waals surface area contributed by atoms with Crippen LogP contribution in [0.1, 0.15) is 65.3 Å². The smallest absolute Gasteiger partial charge is 0.412 e. The highest BCUT2D eigenvalue weighted by atomic mass is 16.6. The molecular weight excluding hydrogens is 1120 g/mol. The Morgan fingerprint density at radius 2 is 1.23 bits per heavy atom. The fourth-order valence-corrected chi connectivity index (χ4v) is 8.26. The van der Waals surface area contributed by atoms with Crippen molar-refractivity contribution in [1.29, 1.82) is 0 Å². The summed E-state index contributed by atoms with van der Waals surface area (Å²) < 4.78 is 45.9. The van der Waals surface area contributed by atoms with Gasteiger partial charge in [-0.3, -0.25) is 48.6 Å². The molecule has 0 spiro atoms. The number of carbonyl (C=O) groups excluding carboxylic acids is 9. The van der Waals surface area contributed by atoms with E-state index in [0.29, 0.717) is 87.6 Å². The highest BCUT2D eigenvalue weighted by Gasteiger charge is 2.29. The summed E-state index contributed by atoms with van der Waals surface area (Å²) in [6, 6.07) is 12.0. The van der Waals surface area contributed by atoms with Crippen LogP contribution in [-0.4, -0.2) is 196 Å². The fourth-order valence-electron chi connectivity index (χ4n) is 8.26. The van der Waals surface area contributed by atoms with E-state index in [1.807, 2.05) is 35.8 Å². The van der Waals surface area contributed by atoms with Gasteiger partial charge in [-0.25, -0.2) is 9.78 Å². The van der Waals surface area contributed by atoms with Crippen molar-refractivity contribution >= 4 is 86.5 Å². The topological polar surface area (TPSA) is 367 Å². The number of imidazole rings is 1. The number of primary amides is 1. The molecular formula is C58H80N10O18. The van der Waals surface area contributed by atoms with E-state index in [4.69, 9.17) is 48.6 Å². The number of fused-ring (bicyclic) bond motifs is 3. The van der Waals surface area contributed by atoms with Crippen LogP contribution in [0.25, 0.3) is 21.8 Å². The number of ether oxygens (including phenoxy) is 8. The Kier molecular flexibility index (Phi) is 28.9. The zero-order chi connectivity index (χ0) is 62.4. The van der Waals surface area contributed by atoms with Crippen LogP contribution in [0.5, 0.6) is 0 Å². The minimum absolute atomic E-state index is 0.0141. The second-order valence-corrected chi connectivity index (χ2v) is 20.2. The van der Waals surface area contributed by atoms with Crippen molar-refractivity contribution < 1.29 is 86.2 Å². The number of hydrogen-bond donors (Lipinski definition) is 8. The van der Waals surface area contributed by atoms with Crippen molar-refractivity contribution in [3.63, 3.8) is 0 Å². The number of aliphatic hydroxyl groups is 1. The summed E-state index contributed by atoms with van der Waals surface area (Å²) >= 11 is 0. The molecule has 0 fully saturated rings. The number of nitrogens with zero attached hydrogens (tertiary/aromatic N) is 3. The van der Waals surface area contributed by atoms with E-state index in [2.05, 4.69) is 31.9 Å². The lowest BCUT2D eigenvalue weighted by molar-refractivity contribution is -0.137. The third kappa shape index (κ3) is 24.2. The van der Waals surface area contributed by atoms with E-state index in [1.165, 1.54) is 38.1 Å². The van der Waals surface area contributed by atoms with Gasteiger partial charge < -0.3 is 79.9 Å². The minimum atomic E-state index is -1.42. The van der Waals surface area contributed by atoms with Crippen LogP contribution in [-0.2, 0) is 96.0 Å². The zero-order valence-corrected chi connectivity index (χ0v) is 49.2. The third-order valence-electron chi connectivity index (χ3n) is 12.6. The van der Waals surface area contributed by atoms with Crippen molar-refractivity contribution in [2.24, 2.45) is 5.73 Å². The number of nitrogens with one attached hydrogen (secondary N) is 6. The molecule has 0 aliphatic carbocycles. The number of aromatic nitrogens is 2. The van der Waals surface area contributed by atoms with Crippen LogP contribution in [0.2, 0.25) is 0 Å². The number of hydrogen-bond acceptors (Lipinski definition) is 19. The number of imide groups is 1. The molecule has 470 valence electrons. The fraction of sp³-hybridized carbons (Fsp3) is 0.517. The highest BCUT2D eigenvalue weighted by molar-refractivity contribution is 6.13. The van der Waals surface area contributed by atoms with E-state index in [-0.39, 0.29) is 83.7 Å². The molecule has 0 saturated heterocycles. The molecule has 0 radical (unpaired) electrons. The second-order valence-electron chi connectivity index (χ2n) is 20.2. The van der Waals surface area contributed by atoms with Gasteiger partial charge in [0, 0.05) is 55.8 Å². The maximum atomic E-state index is 13.4. The van der Waals surface area contributed by atoms with Gasteiger partial charge in [0.2, 0.25) is 35.4 Å². The molecule has 0 unspecified atom stereocenters. The van der Waals surface area contributed by atoms with Gasteiger partial charge in [0.05, 0.1) is 109 Å². The number of rotatable bonds is 41. The molecule has 0 saturated carbocycles. The van der Waals surface area contributed by atoms with Crippen LogP contribution in [0.15, 0.2) is 66.7 Å². The van der Waals surface area contributed by atoms with Crippen molar-refractivity contribution in [3.8, 4) is 0 Å². The third-order valence-corrected chi connectivity index (χ3v) is 12.6. The van der Waals surface area contributed by atoms with Gasteiger partial charge in [0.1, 0.15) is 42.7 Å². The first kappa shape index (κ1) is 68.8. The molecule has 2 heterocycles. The highest BCUT2D eigenvalue weighted by Crippen LogP contribution is 2.34. The van der Waals surface area contributed by atoms with Crippen LogP contribution in [0, 0.1) is 0 Å². The summed E-state index contributed by atoms with van der Waals surface area (Å²) in [6.45, 7) is 12.6. The minimum Gasteiger partial charge on any atom is -0.444 e. The zero-order valence-electron chi connectivity index (χ0n) is 49.2. The first-order valence-corrected chi connectivity index (χ1v) is 28.2. The summed E-state index contributed by atoms with van der Waals surface area (Å²) in [7, 11) is 0. The Labute approximate surface area is 497 Å². The van der Waals surface area contributed by atoms with E-state index in [0.717, 1.165) is 15.7 Å². The molecule has 28 nitrogen and oxygen atoms in total. The van der Waals surface area contributed by atoms with Crippen LogP contribution in [0.4, 0.5) is 16.2 Å². The molecule has 5 rings (SSSR count). The molecule has 0 bridgehead atoms. The number of anilines is 2. The van der Waals surface area contributed by atoms with Gasteiger partial charge in [0.25, 0.3) is 11.8 Å². The summed E-state index contributed by atoms with van der Waals surface area (Å²) in [5, 5.41) is 28.1. The van der Waals surface area contributed by atoms with Gasteiger partial charge >= 0.3 is 6.09 Å². The SMILES string of the molecule is CCOCc1nc2c(NC(=O)OCc3ccc(NC(=O)[C@@H](CC(N)=O)NC(=O)[C@H](C)NC(=O)[C@H](C)NC(=O)CCOCCOCCOCCOCCOCCOCCNC(=O)CCN4C(=O)C=CC4=O)cc3)cc3ccccc3c2n1CC(C)(C)O. The molecule has 9 amide bonds. The second kappa shape index (κ2) is 36.1. The maximum absolute atomic E-state index is 13.4. The van der Waals surface area contributed by atoms with Crippen molar-refractivity contribution in [1.82, 2.24) is 35.7 Å². The molecule has 1 aromatic heterocycles. The predicted octanol–water partition coefficient (Wildman–Crippen LogP) is 1.47. The number of amides is 9. The standard InChI is InChI=1S/C58H80N10O18/c1-6-79-36-47-66-52-44(33-41-9-7-8-10-43(41)53(52)68(47)37-58(4,5)78)65-57(77)86-35-40-11-13-42(14-12-40)63-56(76)45(34-46(59)69)64-55(75)39(3)62-54(74)38(2)61-49(71)18-21-80-23-25-82-27-29-84-31-32-85-30-28-83-26-24-81-22-19-60-48(70)17-20-67-50(72)15-16-51(67)73/h7-16,33,38-39,45,78H,6,17-32,34-37H2,1-5H3,(H2,59,69)(H,60,70)(H,61,71)(H,62,74)(H,63,76)(H,64,75)(H,65,77)/t38-,39-,45+/m0/s1. The molecule has 28 heteroatoms. The molecule has 86 heavy (non-hydrogen) atoms. The number of benzene rings is 3. The normalized spacial score (nSPS) is 13.3. The van der Waals surface area contributed by atoms with E-state index >= 15 is 0 Å². The molecule has 4 aromatic rings. The van der Waals surface area contributed by atoms with Crippen LogP contribution < -0.4 is 37.6 Å². The van der Waals surface area contributed by atoms with Crippen LogP contribution in [0.3, 0.4) is 0 Å². The lowest BCUT2D eigenvalue weighted by atomic mass is 10.1. The van der Waals surface area contributed by atoms with Crippen molar-refractivity contribution in [3.05, 3.63) is 78.1 Å². The Hall–Kier alpha value is -7.96.